The standard InChI is InChI=1S/C24H20N10/c1-14-27-22(31-24(25)28-14)21-23(29-19-9-11-33(2)32-19)30-20-8-7-17(13-34(20)21)16-6-5-15-4-3-10-26-18(15)12-16/h3-13H,1-2H3,(H,29,32)(H2,25,27,28,31). The number of aryl methyl sites for hydroxylation is 2. The number of nitrogen functional groups attached to an aromatic ring is 1. The van der Waals surface area contributed by atoms with Gasteiger partial charge < -0.3 is 11.1 Å². The van der Waals surface area contributed by atoms with Crippen LogP contribution in [0.25, 0.3) is 39.2 Å². The molecule has 0 aliphatic heterocycles. The number of anilines is 3. The van der Waals surface area contributed by atoms with Crippen LogP contribution in [0.4, 0.5) is 17.6 Å². The number of rotatable bonds is 4. The van der Waals surface area contributed by atoms with E-state index in [1.54, 1.807) is 17.8 Å². The van der Waals surface area contributed by atoms with E-state index < -0.39 is 0 Å². The largest absolute Gasteiger partial charge is 0.368 e. The van der Waals surface area contributed by atoms with Crippen molar-refractivity contribution in [1.29, 1.82) is 0 Å². The maximum Gasteiger partial charge on any atom is 0.223 e. The molecule has 0 saturated heterocycles. The highest BCUT2D eigenvalue weighted by Gasteiger charge is 2.19. The fraction of sp³-hybridized carbons (Fsp3) is 0.0833. The molecule has 5 heterocycles. The molecule has 0 bridgehead atoms. The fourth-order valence-corrected chi connectivity index (χ4v) is 3.97. The zero-order chi connectivity index (χ0) is 23.2. The lowest BCUT2D eigenvalue weighted by Gasteiger charge is -2.08. The molecule has 0 atom stereocenters. The van der Waals surface area contributed by atoms with Crippen LogP contribution < -0.4 is 11.1 Å². The minimum Gasteiger partial charge on any atom is -0.368 e. The van der Waals surface area contributed by atoms with Gasteiger partial charge in [-0.05, 0) is 42.3 Å². The van der Waals surface area contributed by atoms with Crippen molar-refractivity contribution in [2.45, 2.75) is 6.92 Å². The second kappa shape index (κ2) is 7.62. The lowest BCUT2D eigenvalue weighted by molar-refractivity contribution is 0.771. The number of imidazole rings is 1. The predicted octanol–water partition coefficient (Wildman–Crippen LogP) is 3.77. The number of nitrogens with one attached hydrogen (secondary N) is 1. The fourth-order valence-electron chi connectivity index (χ4n) is 3.97. The van der Waals surface area contributed by atoms with Gasteiger partial charge >= 0.3 is 0 Å². The van der Waals surface area contributed by atoms with Crippen LogP contribution in [0.15, 0.2) is 67.1 Å². The third-order valence-corrected chi connectivity index (χ3v) is 5.49. The summed E-state index contributed by atoms with van der Waals surface area (Å²) in [5.41, 5.74) is 10.3. The Morgan fingerprint density at radius 2 is 1.82 bits per heavy atom. The van der Waals surface area contributed by atoms with Crippen molar-refractivity contribution in [2.24, 2.45) is 7.05 Å². The van der Waals surface area contributed by atoms with Gasteiger partial charge in [-0.15, -0.1) is 0 Å². The van der Waals surface area contributed by atoms with E-state index >= 15 is 0 Å². The van der Waals surface area contributed by atoms with Gasteiger partial charge in [-0.2, -0.15) is 15.1 Å². The number of nitrogens with zero attached hydrogens (tertiary/aromatic N) is 8. The summed E-state index contributed by atoms with van der Waals surface area (Å²) in [4.78, 5) is 22.3. The van der Waals surface area contributed by atoms with Crippen LogP contribution in [-0.4, -0.2) is 39.1 Å². The highest BCUT2D eigenvalue weighted by Crippen LogP contribution is 2.31. The van der Waals surface area contributed by atoms with Crippen LogP contribution in [0, 0.1) is 6.92 Å². The molecular formula is C24H20N10. The molecule has 0 saturated carbocycles. The van der Waals surface area contributed by atoms with Crippen molar-refractivity contribution in [3.63, 3.8) is 0 Å². The van der Waals surface area contributed by atoms with E-state index in [2.05, 4.69) is 48.6 Å². The van der Waals surface area contributed by atoms with Gasteiger partial charge in [-0.1, -0.05) is 18.2 Å². The molecule has 166 valence electrons. The number of pyridine rings is 2. The summed E-state index contributed by atoms with van der Waals surface area (Å²) >= 11 is 0. The number of hydrogen-bond donors (Lipinski definition) is 2. The molecule has 0 amide bonds. The van der Waals surface area contributed by atoms with Gasteiger partial charge in [0.25, 0.3) is 0 Å². The third-order valence-electron chi connectivity index (χ3n) is 5.49. The number of nitrogens with two attached hydrogens (primary N) is 1. The molecule has 6 rings (SSSR count). The molecule has 3 N–H and O–H groups in total. The summed E-state index contributed by atoms with van der Waals surface area (Å²) in [6.45, 7) is 1.78. The van der Waals surface area contributed by atoms with E-state index in [1.165, 1.54) is 0 Å². The maximum atomic E-state index is 5.95. The third kappa shape index (κ3) is 3.47. The van der Waals surface area contributed by atoms with Gasteiger partial charge in [0.1, 0.15) is 17.2 Å². The Morgan fingerprint density at radius 1 is 0.941 bits per heavy atom. The summed E-state index contributed by atoms with van der Waals surface area (Å²) in [5.74, 6) is 2.33. The molecule has 34 heavy (non-hydrogen) atoms. The Balaban J connectivity index is 1.55. The van der Waals surface area contributed by atoms with E-state index in [4.69, 9.17) is 10.7 Å². The summed E-state index contributed by atoms with van der Waals surface area (Å²) in [6, 6.07) is 16.1. The molecule has 5 aromatic heterocycles. The minimum absolute atomic E-state index is 0.151. The van der Waals surface area contributed by atoms with Gasteiger partial charge in [0.15, 0.2) is 17.5 Å². The zero-order valence-corrected chi connectivity index (χ0v) is 18.5. The van der Waals surface area contributed by atoms with E-state index in [0.717, 1.165) is 27.7 Å². The molecule has 0 unspecified atom stereocenters. The molecule has 0 radical (unpaired) electrons. The Labute approximate surface area is 194 Å². The summed E-state index contributed by atoms with van der Waals surface area (Å²) in [7, 11) is 1.86. The molecule has 1 aromatic carbocycles. The van der Waals surface area contributed by atoms with Crippen LogP contribution in [0.1, 0.15) is 5.82 Å². The number of benzene rings is 1. The monoisotopic (exact) mass is 448 g/mol. The van der Waals surface area contributed by atoms with Crippen LogP contribution in [0.3, 0.4) is 0 Å². The van der Waals surface area contributed by atoms with Crippen LogP contribution >= 0.6 is 0 Å². The van der Waals surface area contributed by atoms with E-state index in [9.17, 15) is 0 Å². The van der Waals surface area contributed by atoms with E-state index in [0.29, 0.717) is 29.0 Å². The SMILES string of the molecule is Cc1nc(N)nc(-c2c(Nc3ccn(C)n3)nc3ccc(-c4ccc5cccnc5c4)cn23)n1. The zero-order valence-electron chi connectivity index (χ0n) is 18.5. The lowest BCUT2D eigenvalue weighted by atomic mass is 10.1. The second-order valence-corrected chi connectivity index (χ2v) is 7.93. The topological polar surface area (TPSA) is 125 Å². The Kier molecular flexibility index (Phi) is 4.44. The Morgan fingerprint density at radius 3 is 2.65 bits per heavy atom. The van der Waals surface area contributed by atoms with Crippen molar-refractivity contribution in [1.82, 2.24) is 39.1 Å². The molecule has 6 aromatic rings. The molecule has 0 aliphatic carbocycles. The van der Waals surface area contributed by atoms with Crippen molar-refractivity contribution in [3.05, 3.63) is 72.9 Å². The summed E-state index contributed by atoms with van der Waals surface area (Å²) in [6.07, 6.45) is 5.67. The Bertz CT molecular complexity index is 1660. The van der Waals surface area contributed by atoms with Crippen LogP contribution in [-0.2, 0) is 7.05 Å². The van der Waals surface area contributed by atoms with Gasteiger partial charge in [-0.25, -0.2) is 9.97 Å². The average molecular weight is 448 g/mol. The first-order chi connectivity index (χ1) is 16.5. The normalized spacial score (nSPS) is 11.4. The molecule has 0 aliphatic rings. The average Bonchev–Trinajstić information content (AvgIpc) is 3.40. The Hall–Kier alpha value is -4.86. The summed E-state index contributed by atoms with van der Waals surface area (Å²) in [5, 5.41) is 8.79. The predicted molar refractivity (Wildman–Crippen MR) is 130 cm³/mol. The van der Waals surface area contributed by atoms with Crippen molar-refractivity contribution in [3.8, 4) is 22.6 Å². The maximum absolute atomic E-state index is 5.95. The van der Waals surface area contributed by atoms with Crippen molar-refractivity contribution < 1.29 is 0 Å². The van der Waals surface area contributed by atoms with Gasteiger partial charge in [0, 0.05) is 37.1 Å². The highest BCUT2D eigenvalue weighted by atomic mass is 15.3. The van der Waals surface area contributed by atoms with Crippen LogP contribution in [0.5, 0.6) is 0 Å². The van der Waals surface area contributed by atoms with Gasteiger partial charge in [0.2, 0.25) is 5.95 Å². The molecule has 10 nitrogen and oxygen atoms in total. The van der Waals surface area contributed by atoms with E-state index in [-0.39, 0.29) is 5.95 Å². The first-order valence-corrected chi connectivity index (χ1v) is 10.7. The smallest absolute Gasteiger partial charge is 0.223 e. The van der Waals surface area contributed by atoms with Gasteiger partial charge in [-0.3, -0.25) is 14.1 Å². The second-order valence-electron chi connectivity index (χ2n) is 7.93. The molecule has 0 fully saturated rings. The highest BCUT2D eigenvalue weighted by molar-refractivity contribution is 5.84. The lowest BCUT2D eigenvalue weighted by Crippen LogP contribution is -2.05. The number of fused-ring (bicyclic) bond motifs is 2. The number of hydrogen-bond acceptors (Lipinski definition) is 8. The minimum atomic E-state index is 0.151. The molecule has 0 spiro atoms. The quantitative estimate of drug-likeness (QED) is 0.418. The van der Waals surface area contributed by atoms with E-state index in [1.807, 2.05) is 54.2 Å². The first-order valence-electron chi connectivity index (χ1n) is 10.7. The summed E-state index contributed by atoms with van der Waals surface area (Å²) < 4.78 is 3.67. The molecule has 10 heteroatoms. The van der Waals surface area contributed by atoms with Crippen molar-refractivity contribution in [2.75, 3.05) is 11.1 Å². The first kappa shape index (κ1) is 19.8. The van der Waals surface area contributed by atoms with Crippen molar-refractivity contribution >= 4 is 34.1 Å². The van der Waals surface area contributed by atoms with Gasteiger partial charge in [0.05, 0.1) is 5.52 Å². The van der Waals surface area contributed by atoms with Crippen LogP contribution in [0.2, 0.25) is 0 Å². The molecular weight excluding hydrogens is 428 g/mol. The number of aromatic nitrogens is 8.